The lowest BCUT2D eigenvalue weighted by Crippen LogP contribution is -2.43. The molecule has 2 aromatic rings. The fraction of sp³-hybridized carbons (Fsp3) is 0.619. The fourth-order valence-corrected chi connectivity index (χ4v) is 4.10. The molecule has 1 saturated heterocycles. The number of halogens is 3. The summed E-state index contributed by atoms with van der Waals surface area (Å²) in [4.78, 5) is 2.24. The Morgan fingerprint density at radius 2 is 2.00 bits per heavy atom. The number of fused-ring (bicyclic) bond motifs is 1. The minimum absolute atomic E-state index is 0.0650. The number of hydrogen-bond donors (Lipinski definition) is 2. The van der Waals surface area contributed by atoms with Gasteiger partial charge in [-0.1, -0.05) is 6.07 Å². The van der Waals surface area contributed by atoms with Crippen LogP contribution in [0, 0.1) is 6.92 Å². The first-order valence-electron chi connectivity index (χ1n) is 10.1. The highest BCUT2D eigenvalue weighted by molar-refractivity contribution is 5.93. The molecule has 8 heteroatoms. The predicted octanol–water partition coefficient (Wildman–Crippen LogP) is 3.79. The zero-order valence-electron chi connectivity index (χ0n) is 17.0. The summed E-state index contributed by atoms with van der Waals surface area (Å²) in [5.74, 6) is 0. The number of rotatable bonds is 8. The molecular weight excluding hydrogens is 383 g/mol. The summed E-state index contributed by atoms with van der Waals surface area (Å²) < 4.78 is 44.7. The molecule has 2 heterocycles. The Balaban J connectivity index is 1.64. The van der Waals surface area contributed by atoms with Gasteiger partial charge in [-0.3, -0.25) is 0 Å². The number of nitrogens with zero attached hydrogens (tertiary/aromatic N) is 2. The van der Waals surface area contributed by atoms with E-state index in [0.29, 0.717) is 19.2 Å². The number of nitrogens with one attached hydrogen (secondary N) is 1. The number of aromatic nitrogens is 1. The van der Waals surface area contributed by atoms with Crippen LogP contribution in [0.5, 0.6) is 0 Å². The molecule has 1 fully saturated rings. The number of methoxy groups -OCH3 is 1. The van der Waals surface area contributed by atoms with Crippen molar-refractivity contribution in [2.24, 2.45) is 0 Å². The Morgan fingerprint density at radius 1 is 1.28 bits per heavy atom. The largest absolute Gasteiger partial charge is 0.390 e. The smallest absolute Gasteiger partial charge is 0.389 e. The normalized spacial score (nSPS) is 17.7. The van der Waals surface area contributed by atoms with Gasteiger partial charge in [-0.25, -0.2) is 0 Å². The van der Waals surface area contributed by atoms with Gasteiger partial charge in [0.25, 0.3) is 0 Å². The van der Waals surface area contributed by atoms with E-state index in [1.807, 2.05) is 31.2 Å². The molecule has 0 saturated carbocycles. The third-order valence-electron chi connectivity index (χ3n) is 5.55. The van der Waals surface area contributed by atoms with E-state index in [9.17, 15) is 18.3 Å². The number of aliphatic hydroxyl groups is 1. The van der Waals surface area contributed by atoms with Gasteiger partial charge in [0.2, 0.25) is 0 Å². The maximum absolute atomic E-state index is 12.7. The molecule has 1 aromatic carbocycles. The van der Waals surface area contributed by atoms with Crippen LogP contribution in [0.25, 0.3) is 10.9 Å². The lowest BCUT2D eigenvalue weighted by molar-refractivity contribution is -0.136. The van der Waals surface area contributed by atoms with Crippen molar-refractivity contribution in [1.82, 2.24) is 9.47 Å². The van der Waals surface area contributed by atoms with Crippen LogP contribution in [-0.2, 0) is 11.3 Å². The first-order valence-corrected chi connectivity index (χ1v) is 10.1. The van der Waals surface area contributed by atoms with Crippen LogP contribution in [0.2, 0.25) is 0 Å². The van der Waals surface area contributed by atoms with Gasteiger partial charge in [0.15, 0.2) is 0 Å². The van der Waals surface area contributed by atoms with Crippen LogP contribution in [0.3, 0.4) is 0 Å². The summed E-state index contributed by atoms with van der Waals surface area (Å²) in [5.41, 5.74) is 2.63. The summed E-state index contributed by atoms with van der Waals surface area (Å²) in [7, 11) is 1.58. The zero-order valence-corrected chi connectivity index (χ0v) is 17.0. The molecule has 0 amide bonds. The van der Waals surface area contributed by atoms with Crippen molar-refractivity contribution >= 4 is 16.6 Å². The molecule has 1 atom stereocenters. The van der Waals surface area contributed by atoms with Crippen molar-refractivity contribution in [3.05, 3.63) is 30.0 Å². The summed E-state index contributed by atoms with van der Waals surface area (Å²) >= 11 is 0. The zero-order chi connectivity index (χ0) is 21.0. The summed E-state index contributed by atoms with van der Waals surface area (Å²) in [6.45, 7) is 4.51. The maximum atomic E-state index is 12.7. The lowest BCUT2D eigenvalue weighted by Gasteiger charge is -2.34. The topological polar surface area (TPSA) is 49.7 Å². The van der Waals surface area contributed by atoms with E-state index in [0.717, 1.165) is 48.2 Å². The number of piperidine rings is 1. The first kappa shape index (κ1) is 21.9. The molecule has 0 radical (unpaired) electrons. The fourth-order valence-electron chi connectivity index (χ4n) is 4.10. The van der Waals surface area contributed by atoms with Crippen molar-refractivity contribution in [2.75, 3.05) is 38.7 Å². The molecular formula is C21H30F3N3O2. The molecule has 162 valence electrons. The number of hydrogen-bond acceptors (Lipinski definition) is 4. The summed E-state index contributed by atoms with van der Waals surface area (Å²) in [6.07, 6.45) is -3.57. The van der Waals surface area contributed by atoms with Crippen molar-refractivity contribution in [2.45, 2.75) is 51.1 Å². The van der Waals surface area contributed by atoms with E-state index in [1.165, 1.54) is 0 Å². The number of likely N-dealkylation sites (tertiary alicyclic amines) is 1. The van der Waals surface area contributed by atoms with E-state index in [4.69, 9.17) is 4.74 Å². The van der Waals surface area contributed by atoms with E-state index in [-0.39, 0.29) is 6.54 Å². The number of aryl methyl sites for hydroxylation is 2. The minimum Gasteiger partial charge on any atom is -0.389 e. The van der Waals surface area contributed by atoms with Crippen LogP contribution in [0.15, 0.2) is 24.3 Å². The average molecular weight is 413 g/mol. The van der Waals surface area contributed by atoms with Crippen LogP contribution >= 0.6 is 0 Å². The van der Waals surface area contributed by atoms with Crippen molar-refractivity contribution < 1.29 is 23.0 Å². The van der Waals surface area contributed by atoms with E-state index in [1.54, 1.807) is 11.7 Å². The maximum Gasteiger partial charge on any atom is 0.390 e. The van der Waals surface area contributed by atoms with Gasteiger partial charge in [0.05, 0.1) is 24.6 Å². The second-order valence-corrected chi connectivity index (χ2v) is 7.87. The highest BCUT2D eigenvalue weighted by atomic mass is 19.4. The van der Waals surface area contributed by atoms with Gasteiger partial charge in [-0.2, -0.15) is 13.2 Å². The molecule has 1 unspecified atom stereocenters. The molecule has 0 aliphatic carbocycles. The summed E-state index contributed by atoms with van der Waals surface area (Å²) in [6, 6.07) is 8.03. The number of β-amino-alcohol motifs (C(OH)–C–C–N with tert-alkyl or cyclic N) is 1. The van der Waals surface area contributed by atoms with Crippen LogP contribution in [-0.4, -0.2) is 66.2 Å². The highest BCUT2D eigenvalue weighted by Gasteiger charge is 2.27. The van der Waals surface area contributed by atoms with Crippen LogP contribution in [0.4, 0.5) is 18.9 Å². The molecule has 1 aromatic heterocycles. The summed E-state index contributed by atoms with van der Waals surface area (Å²) in [5, 5.41) is 14.4. The predicted molar refractivity (Wildman–Crippen MR) is 108 cm³/mol. The van der Waals surface area contributed by atoms with Gasteiger partial charge < -0.3 is 24.6 Å². The number of ether oxygens (including phenoxy) is 1. The minimum atomic E-state index is -4.16. The number of benzene rings is 1. The molecule has 0 bridgehead atoms. The molecule has 2 N–H and O–H groups in total. The Hall–Kier alpha value is -1.77. The SMILES string of the molecule is COCC(O)CN1CCC(Nc2cccc3c2cc(C)n3CCC(F)(F)F)CC1. The average Bonchev–Trinajstić information content (AvgIpc) is 2.97. The Labute approximate surface area is 169 Å². The second kappa shape index (κ2) is 9.36. The van der Waals surface area contributed by atoms with E-state index in [2.05, 4.69) is 10.2 Å². The monoisotopic (exact) mass is 413 g/mol. The van der Waals surface area contributed by atoms with Gasteiger partial charge in [-0.05, 0) is 38.0 Å². The Kier molecular flexibility index (Phi) is 7.08. The Bertz CT molecular complexity index is 798. The lowest BCUT2D eigenvalue weighted by atomic mass is 10.0. The molecule has 1 aliphatic rings. The number of anilines is 1. The van der Waals surface area contributed by atoms with Gasteiger partial charge >= 0.3 is 6.18 Å². The molecule has 5 nitrogen and oxygen atoms in total. The number of aliphatic hydroxyl groups excluding tert-OH is 1. The molecule has 0 spiro atoms. The molecule has 29 heavy (non-hydrogen) atoms. The number of alkyl halides is 3. The van der Waals surface area contributed by atoms with Crippen molar-refractivity contribution in [1.29, 1.82) is 0 Å². The first-order chi connectivity index (χ1) is 13.8. The Morgan fingerprint density at radius 3 is 2.66 bits per heavy atom. The van der Waals surface area contributed by atoms with Gasteiger partial charge in [-0.15, -0.1) is 0 Å². The molecule has 1 aliphatic heterocycles. The quantitative estimate of drug-likeness (QED) is 0.692. The van der Waals surface area contributed by atoms with Crippen LogP contribution < -0.4 is 5.32 Å². The van der Waals surface area contributed by atoms with Crippen molar-refractivity contribution in [3.8, 4) is 0 Å². The van der Waals surface area contributed by atoms with E-state index < -0.39 is 18.7 Å². The van der Waals surface area contributed by atoms with Gasteiger partial charge in [0, 0.05) is 56.1 Å². The second-order valence-electron chi connectivity index (χ2n) is 7.87. The standard InChI is InChI=1S/C21H30F3N3O2/c1-15-12-18-19(4-3-5-20(18)27(15)11-8-21(22,23)24)25-16-6-9-26(10-7-16)13-17(28)14-29-2/h3-5,12,16-17,25,28H,6-11,13-14H2,1-2H3. The van der Waals surface area contributed by atoms with Crippen LogP contribution in [0.1, 0.15) is 25.0 Å². The van der Waals surface area contributed by atoms with E-state index >= 15 is 0 Å². The third-order valence-corrected chi connectivity index (χ3v) is 5.55. The van der Waals surface area contributed by atoms with Gasteiger partial charge in [0.1, 0.15) is 0 Å². The van der Waals surface area contributed by atoms with Crippen molar-refractivity contribution in [3.63, 3.8) is 0 Å². The third kappa shape index (κ3) is 5.87. The molecule has 3 rings (SSSR count). The highest BCUT2D eigenvalue weighted by Crippen LogP contribution is 2.30.